The molecule has 1 saturated heterocycles. The highest BCUT2D eigenvalue weighted by molar-refractivity contribution is 6.08. The van der Waals surface area contributed by atoms with Gasteiger partial charge in [0.25, 0.3) is 5.91 Å². The summed E-state index contributed by atoms with van der Waals surface area (Å²) in [5, 5.41) is 2.64. The number of fused-ring (bicyclic) bond motifs is 1. The molecule has 0 bridgehead atoms. The number of hydrogen-bond donors (Lipinski definition) is 1. The first-order valence-corrected chi connectivity index (χ1v) is 11.1. The summed E-state index contributed by atoms with van der Waals surface area (Å²) in [5.74, 6) is -2.41. The van der Waals surface area contributed by atoms with Crippen LogP contribution in [-0.4, -0.2) is 48.3 Å². The largest absolute Gasteiger partial charge is 0.497 e. The summed E-state index contributed by atoms with van der Waals surface area (Å²) in [6, 6.07) is 14.7. The molecule has 3 amide bonds. The van der Waals surface area contributed by atoms with Crippen LogP contribution in [0.4, 0.5) is 5.69 Å². The van der Waals surface area contributed by atoms with Crippen molar-refractivity contribution in [3.63, 3.8) is 0 Å². The fourth-order valence-electron chi connectivity index (χ4n) is 4.38. The number of ether oxygens (including phenoxy) is 2. The molecule has 1 heterocycles. The van der Waals surface area contributed by atoms with Gasteiger partial charge in [-0.3, -0.25) is 19.3 Å². The Morgan fingerprint density at radius 1 is 1.00 bits per heavy atom. The first kappa shape index (κ1) is 23.2. The minimum atomic E-state index is -1.14. The van der Waals surface area contributed by atoms with Crippen LogP contribution < -0.4 is 10.1 Å². The molecule has 0 unspecified atom stereocenters. The van der Waals surface area contributed by atoms with E-state index in [1.165, 1.54) is 7.11 Å². The van der Waals surface area contributed by atoms with Crippen molar-refractivity contribution in [2.75, 3.05) is 19.0 Å². The van der Waals surface area contributed by atoms with Crippen molar-refractivity contribution in [2.24, 2.45) is 11.8 Å². The van der Waals surface area contributed by atoms with Gasteiger partial charge in [-0.25, -0.2) is 4.79 Å². The topological polar surface area (TPSA) is 102 Å². The van der Waals surface area contributed by atoms with Gasteiger partial charge in [-0.15, -0.1) is 0 Å². The van der Waals surface area contributed by atoms with Crippen LogP contribution >= 0.6 is 0 Å². The van der Waals surface area contributed by atoms with Gasteiger partial charge in [0.2, 0.25) is 11.8 Å². The molecule has 1 aliphatic carbocycles. The normalized spacial score (nSPS) is 20.0. The van der Waals surface area contributed by atoms with Crippen molar-refractivity contribution in [2.45, 2.75) is 25.3 Å². The van der Waals surface area contributed by atoms with Crippen LogP contribution in [0.2, 0.25) is 0 Å². The van der Waals surface area contributed by atoms with E-state index in [1.807, 2.05) is 42.5 Å². The summed E-state index contributed by atoms with van der Waals surface area (Å²) < 4.78 is 10.4. The van der Waals surface area contributed by atoms with E-state index in [9.17, 15) is 19.2 Å². The summed E-state index contributed by atoms with van der Waals surface area (Å²) in [7, 11) is 1.52. The van der Waals surface area contributed by atoms with Crippen LogP contribution in [0, 0.1) is 11.8 Å². The molecule has 1 aliphatic heterocycles. The van der Waals surface area contributed by atoms with Crippen LogP contribution in [0.25, 0.3) is 0 Å². The molecule has 1 fully saturated rings. The fourth-order valence-corrected chi connectivity index (χ4v) is 4.38. The SMILES string of the molecule is COc1cccc(NC(=O)COC(=O)[C@H](Cc2ccccc2)N2C(=O)[C@H]3CC=CC[C@@H]3C2=O)c1. The van der Waals surface area contributed by atoms with E-state index in [0.29, 0.717) is 24.3 Å². The zero-order valence-electron chi connectivity index (χ0n) is 18.8. The van der Waals surface area contributed by atoms with E-state index in [-0.39, 0.29) is 18.2 Å². The Balaban J connectivity index is 1.47. The Labute approximate surface area is 197 Å². The second-order valence-corrected chi connectivity index (χ2v) is 8.30. The molecule has 4 rings (SSSR count). The summed E-state index contributed by atoms with van der Waals surface area (Å²) in [5.41, 5.74) is 1.27. The summed E-state index contributed by atoms with van der Waals surface area (Å²) >= 11 is 0. The van der Waals surface area contributed by atoms with Crippen molar-refractivity contribution in [1.29, 1.82) is 0 Å². The van der Waals surface area contributed by atoms with Gasteiger partial charge in [-0.2, -0.15) is 0 Å². The molecule has 8 nitrogen and oxygen atoms in total. The van der Waals surface area contributed by atoms with E-state index in [4.69, 9.17) is 9.47 Å². The van der Waals surface area contributed by atoms with E-state index >= 15 is 0 Å². The van der Waals surface area contributed by atoms with E-state index in [2.05, 4.69) is 5.32 Å². The summed E-state index contributed by atoms with van der Waals surface area (Å²) in [4.78, 5) is 52.7. The molecule has 2 aromatic rings. The van der Waals surface area contributed by atoms with E-state index in [0.717, 1.165) is 10.5 Å². The average molecular weight is 463 g/mol. The molecule has 8 heteroatoms. The lowest BCUT2D eigenvalue weighted by Crippen LogP contribution is -2.48. The molecular formula is C26H26N2O6. The Bertz CT molecular complexity index is 1090. The quantitative estimate of drug-likeness (QED) is 0.368. The van der Waals surface area contributed by atoms with Crippen LogP contribution in [-0.2, 0) is 30.3 Å². The van der Waals surface area contributed by atoms with Gasteiger partial charge in [-0.1, -0.05) is 48.6 Å². The van der Waals surface area contributed by atoms with Gasteiger partial charge >= 0.3 is 5.97 Å². The van der Waals surface area contributed by atoms with E-state index in [1.54, 1.807) is 24.3 Å². The first-order valence-electron chi connectivity index (χ1n) is 11.1. The molecule has 0 saturated carbocycles. The van der Waals surface area contributed by atoms with Crippen molar-refractivity contribution >= 4 is 29.4 Å². The maximum absolute atomic E-state index is 13.1. The number of allylic oxidation sites excluding steroid dienone is 2. The number of methoxy groups -OCH3 is 1. The predicted molar refractivity (Wildman–Crippen MR) is 124 cm³/mol. The van der Waals surface area contributed by atoms with Gasteiger partial charge in [0, 0.05) is 18.2 Å². The number of nitrogens with one attached hydrogen (secondary N) is 1. The molecular weight excluding hydrogens is 436 g/mol. The molecule has 0 spiro atoms. The fraction of sp³-hybridized carbons (Fsp3) is 0.308. The number of rotatable bonds is 8. The Hall–Kier alpha value is -3.94. The molecule has 2 aromatic carbocycles. The maximum atomic E-state index is 13.1. The lowest BCUT2D eigenvalue weighted by atomic mass is 9.85. The number of esters is 1. The second kappa shape index (κ2) is 10.3. The number of carbonyl (C=O) groups excluding carboxylic acids is 4. The van der Waals surface area contributed by atoms with E-state index < -0.39 is 36.4 Å². The van der Waals surface area contributed by atoms with Crippen molar-refractivity contribution < 1.29 is 28.7 Å². The smallest absolute Gasteiger partial charge is 0.330 e. The Morgan fingerprint density at radius 3 is 2.32 bits per heavy atom. The minimum absolute atomic E-state index is 0.113. The molecule has 34 heavy (non-hydrogen) atoms. The second-order valence-electron chi connectivity index (χ2n) is 8.30. The highest BCUT2D eigenvalue weighted by atomic mass is 16.5. The Kier molecular flexibility index (Phi) is 7.06. The van der Waals surface area contributed by atoms with Gasteiger partial charge in [0.1, 0.15) is 11.8 Å². The van der Waals surface area contributed by atoms with Gasteiger partial charge in [-0.05, 0) is 30.5 Å². The third-order valence-electron chi connectivity index (χ3n) is 6.10. The van der Waals surface area contributed by atoms with Gasteiger partial charge in [0.15, 0.2) is 6.61 Å². The maximum Gasteiger partial charge on any atom is 0.330 e. The highest BCUT2D eigenvalue weighted by Gasteiger charge is 2.51. The summed E-state index contributed by atoms with van der Waals surface area (Å²) in [6.45, 7) is -0.550. The average Bonchev–Trinajstić information content (AvgIpc) is 3.11. The molecule has 2 aliphatic rings. The molecule has 1 N–H and O–H groups in total. The number of likely N-dealkylation sites (tertiary alicyclic amines) is 1. The zero-order valence-corrected chi connectivity index (χ0v) is 18.8. The number of carbonyl (C=O) groups is 4. The van der Waals surface area contributed by atoms with Crippen molar-refractivity contribution in [3.8, 4) is 5.75 Å². The summed E-state index contributed by atoms with van der Waals surface area (Å²) in [6.07, 6.45) is 4.84. The predicted octanol–water partition coefficient (Wildman–Crippen LogP) is 2.74. The van der Waals surface area contributed by atoms with Crippen molar-refractivity contribution in [3.05, 3.63) is 72.3 Å². The third-order valence-corrected chi connectivity index (χ3v) is 6.10. The molecule has 0 aromatic heterocycles. The van der Waals surface area contributed by atoms with Crippen LogP contribution in [0.1, 0.15) is 18.4 Å². The number of benzene rings is 2. The zero-order chi connectivity index (χ0) is 24.1. The third kappa shape index (κ3) is 5.01. The number of anilines is 1. The first-order chi connectivity index (χ1) is 16.5. The minimum Gasteiger partial charge on any atom is -0.497 e. The molecule has 0 radical (unpaired) electrons. The van der Waals surface area contributed by atoms with Gasteiger partial charge in [0.05, 0.1) is 18.9 Å². The highest BCUT2D eigenvalue weighted by Crippen LogP contribution is 2.36. The lowest BCUT2D eigenvalue weighted by Gasteiger charge is -2.25. The number of imide groups is 1. The lowest BCUT2D eigenvalue weighted by molar-refractivity contribution is -0.159. The van der Waals surface area contributed by atoms with Crippen LogP contribution in [0.3, 0.4) is 0 Å². The molecule has 176 valence electrons. The van der Waals surface area contributed by atoms with Crippen molar-refractivity contribution in [1.82, 2.24) is 4.90 Å². The number of hydrogen-bond acceptors (Lipinski definition) is 6. The van der Waals surface area contributed by atoms with Gasteiger partial charge < -0.3 is 14.8 Å². The standard InChI is InChI=1S/C26H26N2O6/c1-33-19-11-7-10-18(15-19)27-23(29)16-34-26(32)22(14-17-8-3-2-4-9-17)28-24(30)20-12-5-6-13-21(20)25(28)31/h2-11,15,20-22H,12-14,16H2,1H3,(H,27,29)/t20-,21-,22-/m0/s1. The Morgan fingerprint density at radius 2 is 1.68 bits per heavy atom. The monoisotopic (exact) mass is 462 g/mol. The van der Waals surface area contributed by atoms with Crippen LogP contribution in [0.15, 0.2) is 66.7 Å². The molecule has 3 atom stereocenters. The number of amides is 3. The number of nitrogens with zero attached hydrogens (tertiary/aromatic N) is 1. The van der Waals surface area contributed by atoms with Crippen LogP contribution in [0.5, 0.6) is 5.75 Å².